The van der Waals surface area contributed by atoms with Crippen molar-refractivity contribution in [2.24, 2.45) is 5.73 Å². The number of fused-ring (bicyclic) bond motifs is 1. The van der Waals surface area contributed by atoms with Gasteiger partial charge in [0.15, 0.2) is 0 Å². The second kappa shape index (κ2) is 6.12. The third kappa shape index (κ3) is 3.09. The molecule has 4 nitrogen and oxygen atoms in total. The lowest BCUT2D eigenvalue weighted by Gasteiger charge is -2.28. The minimum absolute atomic E-state index is 0.0319. The van der Waals surface area contributed by atoms with Crippen LogP contribution in [0.25, 0.3) is 0 Å². The minimum atomic E-state index is 0.0319. The van der Waals surface area contributed by atoms with E-state index < -0.39 is 0 Å². The van der Waals surface area contributed by atoms with Crippen LogP contribution in [-0.2, 0) is 18.0 Å². The van der Waals surface area contributed by atoms with Crippen LogP contribution in [-0.4, -0.2) is 28.4 Å². The molecular formula is C16H20N2O2S. The van der Waals surface area contributed by atoms with Crippen LogP contribution < -0.4 is 5.73 Å². The van der Waals surface area contributed by atoms with E-state index >= 15 is 0 Å². The van der Waals surface area contributed by atoms with Gasteiger partial charge in [-0.3, -0.25) is 4.79 Å². The van der Waals surface area contributed by atoms with Crippen molar-refractivity contribution in [1.82, 2.24) is 4.90 Å². The van der Waals surface area contributed by atoms with Crippen LogP contribution in [0.1, 0.15) is 47.2 Å². The van der Waals surface area contributed by atoms with Gasteiger partial charge in [0.05, 0.1) is 24.7 Å². The minimum Gasteiger partial charge on any atom is -0.392 e. The van der Waals surface area contributed by atoms with Crippen LogP contribution in [0.2, 0.25) is 0 Å². The molecule has 1 aromatic carbocycles. The summed E-state index contributed by atoms with van der Waals surface area (Å²) in [6.07, 6.45) is 4.43. The summed E-state index contributed by atoms with van der Waals surface area (Å²) in [6.45, 7) is 1.60. The Balaban J connectivity index is 1.84. The van der Waals surface area contributed by atoms with Crippen molar-refractivity contribution in [3.05, 3.63) is 34.9 Å². The molecule has 2 aliphatic rings. The summed E-state index contributed by atoms with van der Waals surface area (Å²) in [4.78, 5) is 15.1. The van der Waals surface area contributed by atoms with Gasteiger partial charge in [-0.1, -0.05) is 31.1 Å². The summed E-state index contributed by atoms with van der Waals surface area (Å²) in [6, 6.07) is 6.09. The Morgan fingerprint density at radius 3 is 2.71 bits per heavy atom. The van der Waals surface area contributed by atoms with Gasteiger partial charge in [-0.15, -0.1) is 0 Å². The molecule has 0 bridgehead atoms. The molecule has 0 saturated heterocycles. The zero-order chi connectivity index (χ0) is 14.8. The fraction of sp³-hybridized carbons (Fsp3) is 0.500. The molecule has 2 N–H and O–H groups in total. The molecule has 0 aromatic heterocycles. The fourth-order valence-electron chi connectivity index (χ4n) is 3.22. The number of nitrogens with two attached hydrogens (primary N) is 1. The predicted octanol–water partition coefficient (Wildman–Crippen LogP) is 2.39. The summed E-state index contributed by atoms with van der Waals surface area (Å²) in [5.41, 5.74) is 8.68. The molecular weight excluding hydrogens is 284 g/mol. The van der Waals surface area contributed by atoms with Crippen molar-refractivity contribution in [1.29, 1.82) is 0 Å². The molecule has 112 valence electrons. The van der Waals surface area contributed by atoms with Gasteiger partial charge in [0, 0.05) is 11.6 Å². The summed E-state index contributed by atoms with van der Waals surface area (Å²) >= 11 is 5.02. The molecule has 1 fully saturated rings. The first-order valence-corrected chi connectivity index (χ1v) is 7.85. The van der Waals surface area contributed by atoms with Crippen LogP contribution in [0.15, 0.2) is 18.2 Å². The number of carbonyl (C=O) groups is 1. The van der Waals surface area contributed by atoms with E-state index in [9.17, 15) is 4.79 Å². The number of hydrogen-bond acceptors (Lipinski definition) is 3. The van der Waals surface area contributed by atoms with Crippen LogP contribution in [0.5, 0.6) is 0 Å². The average molecular weight is 304 g/mol. The first-order valence-electron chi connectivity index (χ1n) is 7.44. The Kier molecular flexibility index (Phi) is 4.22. The second-order valence-electron chi connectivity index (χ2n) is 5.81. The van der Waals surface area contributed by atoms with E-state index in [4.69, 9.17) is 22.7 Å². The molecule has 0 radical (unpaired) electrons. The van der Waals surface area contributed by atoms with E-state index in [2.05, 4.69) is 0 Å². The predicted molar refractivity (Wildman–Crippen MR) is 85.0 cm³/mol. The van der Waals surface area contributed by atoms with E-state index in [1.807, 2.05) is 23.1 Å². The molecule has 1 amide bonds. The number of amides is 1. The summed E-state index contributed by atoms with van der Waals surface area (Å²) < 4.78 is 5.41. The Morgan fingerprint density at radius 1 is 1.29 bits per heavy atom. The molecule has 1 heterocycles. The number of thiocarbonyl (C=S) groups is 1. The highest BCUT2D eigenvalue weighted by Crippen LogP contribution is 2.26. The Labute approximate surface area is 130 Å². The Morgan fingerprint density at radius 2 is 2.00 bits per heavy atom. The lowest BCUT2D eigenvalue weighted by molar-refractivity contribution is 0.0714. The van der Waals surface area contributed by atoms with Crippen LogP contribution in [0.3, 0.4) is 0 Å². The van der Waals surface area contributed by atoms with Gasteiger partial charge in [0.1, 0.15) is 0 Å². The van der Waals surface area contributed by atoms with Gasteiger partial charge in [-0.05, 0) is 36.1 Å². The van der Waals surface area contributed by atoms with Gasteiger partial charge < -0.3 is 15.4 Å². The molecule has 1 aliphatic carbocycles. The molecule has 1 aliphatic heterocycles. The molecule has 21 heavy (non-hydrogen) atoms. The fourth-order valence-corrected chi connectivity index (χ4v) is 3.36. The summed E-state index contributed by atoms with van der Waals surface area (Å²) in [5, 5.41) is 0. The smallest absolute Gasteiger partial charge is 0.254 e. The third-order valence-corrected chi connectivity index (χ3v) is 4.45. The maximum absolute atomic E-state index is 12.8. The normalized spacial score (nSPS) is 17.7. The topological polar surface area (TPSA) is 55.6 Å². The van der Waals surface area contributed by atoms with Gasteiger partial charge in [-0.2, -0.15) is 0 Å². The molecule has 0 atom stereocenters. The van der Waals surface area contributed by atoms with Gasteiger partial charge in [0.25, 0.3) is 5.91 Å². The van der Waals surface area contributed by atoms with Crippen molar-refractivity contribution in [3.63, 3.8) is 0 Å². The molecule has 5 heteroatoms. The Bertz CT molecular complexity index is 567. The van der Waals surface area contributed by atoms with E-state index in [0.717, 1.165) is 18.4 Å². The van der Waals surface area contributed by atoms with E-state index in [1.54, 1.807) is 0 Å². The molecule has 3 rings (SSSR count). The molecule has 0 unspecified atom stereocenters. The number of ether oxygens (including phenoxy) is 1. The van der Waals surface area contributed by atoms with Crippen LogP contribution in [0, 0.1) is 0 Å². The number of nitrogens with zero attached hydrogens (tertiary/aromatic N) is 1. The molecule has 1 aromatic rings. The lowest BCUT2D eigenvalue weighted by atomic mass is 10.0. The number of rotatable bonds is 4. The van der Waals surface area contributed by atoms with Crippen molar-refractivity contribution < 1.29 is 9.53 Å². The SMILES string of the molecule is NC(=S)CN(C(=O)c1ccc2c(c1)COC2)C1CCCC1. The van der Waals surface area contributed by atoms with Crippen LogP contribution in [0.4, 0.5) is 0 Å². The highest BCUT2D eigenvalue weighted by Gasteiger charge is 2.28. The van der Waals surface area contributed by atoms with Gasteiger partial charge >= 0.3 is 0 Å². The lowest BCUT2D eigenvalue weighted by Crippen LogP contribution is -2.43. The third-order valence-electron chi connectivity index (χ3n) is 4.32. The largest absolute Gasteiger partial charge is 0.392 e. The highest BCUT2D eigenvalue weighted by atomic mass is 32.1. The zero-order valence-electron chi connectivity index (χ0n) is 12.0. The van der Waals surface area contributed by atoms with Crippen molar-refractivity contribution in [2.45, 2.75) is 44.9 Å². The van der Waals surface area contributed by atoms with Crippen molar-refractivity contribution in [3.8, 4) is 0 Å². The first-order chi connectivity index (χ1) is 10.1. The number of benzene rings is 1. The standard InChI is InChI=1S/C16H20N2O2S/c17-15(21)8-18(14-3-1-2-4-14)16(19)11-5-6-12-9-20-10-13(12)7-11/h5-7,14H,1-4,8-10H2,(H2,17,21). The maximum atomic E-state index is 12.8. The molecule has 1 saturated carbocycles. The Hall–Kier alpha value is -1.46. The zero-order valence-corrected chi connectivity index (χ0v) is 12.8. The summed E-state index contributed by atoms with van der Waals surface area (Å²) in [7, 11) is 0. The second-order valence-corrected chi connectivity index (χ2v) is 6.34. The average Bonchev–Trinajstić information content (AvgIpc) is 3.13. The van der Waals surface area contributed by atoms with E-state index in [-0.39, 0.29) is 11.9 Å². The van der Waals surface area contributed by atoms with E-state index in [1.165, 1.54) is 18.4 Å². The summed E-state index contributed by atoms with van der Waals surface area (Å²) in [5.74, 6) is 0.0319. The highest BCUT2D eigenvalue weighted by molar-refractivity contribution is 7.80. The molecule has 0 spiro atoms. The quantitative estimate of drug-likeness (QED) is 0.868. The van der Waals surface area contributed by atoms with Crippen LogP contribution >= 0.6 is 12.2 Å². The van der Waals surface area contributed by atoms with Gasteiger partial charge in [0.2, 0.25) is 0 Å². The maximum Gasteiger partial charge on any atom is 0.254 e. The first kappa shape index (κ1) is 14.5. The number of hydrogen-bond donors (Lipinski definition) is 1. The van der Waals surface area contributed by atoms with E-state index in [0.29, 0.717) is 30.3 Å². The van der Waals surface area contributed by atoms with Crippen molar-refractivity contribution in [2.75, 3.05) is 6.54 Å². The number of carbonyl (C=O) groups excluding carboxylic acids is 1. The van der Waals surface area contributed by atoms with Gasteiger partial charge in [-0.25, -0.2) is 0 Å². The monoisotopic (exact) mass is 304 g/mol. The van der Waals surface area contributed by atoms with Crippen molar-refractivity contribution >= 4 is 23.1 Å².